The Labute approximate surface area is 159 Å². The third-order valence-corrected chi connectivity index (χ3v) is 4.98. The molecule has 0 aliphatic carbocycles. The van der Waals surface area contributed by atoms with Crippen molar-refractivity contribution in [2.75, 3.05) is 7.11 Å². The molecule has 0 fully saturated rings. The van der Waals surface area contributed by atoms with E-state index in [4.69, 9.17) is 18.3 Å². The van der Waals surface area contributed by atoms with Crippen molar-refractivity contribution in [1.29, 1.82) is 0 Å². The summed E-state index contributed by atoms with van der Waals surface area (Å²) in [6, 6.07) is 26.5. The first-order chi connectivity index (χ1) is 13.2. The first-order valence-corrected chi connectivity index (χ1v) is 9.85. The molecule has 0 aromatic heterocycles. The van der Waals surface area contributed by atoms with E-state index in [-0.39, 0.29) is 13.2 Å². The first kappa shape index (κ1) is 19.2. The number of methoxy groups -OCH3 is 1. The van der Waals surface area contributed by atoms with Gasteiger partial charge < -0.3 is 9.26 Å². The number of hydrogen-bond acceptors (Lipinski definition) is 5. The van der Waals surface area contributed by atoms with Crippen molar-refractivity contribution in [3.63, 3.8) is 0 Å². The van der Waals surface area contributed by atoms with Crippen LogP contribution in [0.4, 0.5) is 0 Å². The van der Waals surface area contributed by atoms with Crippen LogP contribution in [0.5, 0.6) is 11.5 Å². The fourth-order valence-electron chi connectivity index (χ4n) is 2.27. The van der Waals surface area contributed by atoms with E-state index in [1.807, 2.05) is 60.7 Å². The molecule has 0 N–H and O–H groups in total. The molecule has 1 radical (unpaired) electrons. The van der Waals surface area contributed by atoms with Gasteiger partial charge in [0.25, 0.3) is 0 Å². The van der Waals surface area contributed by atoms with E-state index in [9.17, 15) is 4.57 Å². The zero-order chi connectivity index (χ0) is 19.0. The lowest BCUT2D eigenvalue weighted by Gasteiger charge is -2.19. The van der Waals surface area contributed by atoms with Crippen LogP contribution in [0.25, 0.3) is 0 Å². The molecule has 0 aliphatic heterocycles. The van der Waals surface area contributed by atoms with Crippen LogP contribution in [0.2, 0.25) is 0 Å². The lowest BCUT2D eigenvalue weighted by Crippen LogP contribution is -2.03. The average Bonchev–Trinajstić information content (AvgIpc) is 2.73. The minimum atomic E-state index is -3.88. The molecule has 0 saturated carbocycles. The molecule has 0 heterocycles. The molecule has 3 aromatic carbocycles. The smallest absolute Gasteiger partial charge is 0.497 e. The van der Waals surface area contributed by atoms with Crippen LogP contribution in [-0.2, 0) is 26.8 Å². The number of benzene rings is 3. The van der Waals surface area contributed by atoms with E-state index < -0.39 is 7.82 Å². The molecular formula is C21H20O5P. The van der Waals surface area contributed by atoms with Gasteiger partial charge in [-0.1, -0.05) is 60.7 Å². The summed E-state index contributed by atoms with van der Waals surface area (Å²) < 4.78 is 35.1. The van der Waals surface area contributed by atoms with Crippen molar-refractivity contribution in [3.8, 4) is 11.5 Å². The fraction of sp³-hybridized carbons (Fsp3) is 0.143. The number of ether oxygens (including phenoxy) is 1. The third-order valence-electron chi connectivity index (χ3n) is 3.65. The monoisotopic (exact) mass is 383 g/mol. The molecular weight excluding hydrogens is 363 g/mol. The molecule has 139 valence electrons. The highest BCUT2D eigenvalue weighted by Crippen LogP contribution is 2.51. The standard InChI is InChI=1S/C21H20O5P/c1-23-20-13-8-14-21(15-20)26-27(22,24-16-18-9-4-2-5-10-18)25-17-19-11-6-3-7-12-19/h2-7,9-15H,16-17H2,1H3. The Balaban J connectivity index is 1.74. The van der Waals surface area contributed by atoms with Crippen LogP contribution in [0, 0.1) is 6.07 Å². The summed E-state index contributed by atoms with van der Waals surface area (Å²) in [6.07, 6.45) is 0. The lowest BCUT2D eigenvalue weighted by atomic mass is 10.2. The van der Waals surface area contributed by atoms with Gasteiger partial charge in [0.1, 0.15) is 11.5 Å². The highest BCUT2D eigenvalue weighted by molar-refractivity contribution is 7.48. The maximum atomic E-state index is 13.2. The zero-order valence-corrected chi connectivity index (χ0v) is 15.8. The van der Waals surface area contributed by atoms with Gasteiger partial charge in [-0.05, 0) is 29.3 Å². The summed E-state index contributed by atoms with van der Waals surface area (Å²) in [7, 11) is -2.35. The van der Waals surface area contributed by atoms with Gasteiger partial charge in [0.2, 0.25) is 0 Å². The molecule has 0 aliphatic rings. The predicted molar refractivity (Wildman–Crippen MR) is 103 cm³/mol. The Morgan fingerprint density at radius 2 is 1.33 bits per heavy atom. The Kier molecular flexibility index (Phi) is 6.66. The van der Waals surface area contributed by atoms with Crippen molar-refractivity contribution in [2.24, 2.45) is 0 Å². The van der Waals surface area contributed by atoms with Gasteiger partial charge in [-0.25, -0.2) is 4.57 Å². The summed E-state index contributed by atoms with van der Waals surface area (Å²) in [6.45, 7) is 0.196. The van der Waals surface area contributed by atoms with Crippen LogP contribution in [0.15, 0.2) is 78.9 Å². The maximum Gasteiger partial charge on any atom is 0.530 e. The van der Waals surface area contributed by atoms with Crippen molar-refractivity contribution in [2.45, 2.75) is 13.2 Å². The minimum absolute atomic E-state index is 0.0978. The van der Waals surface area contributed by atoms with Crippen LogP contribution in [0.1, 0.15) is 11.1 Å². The lowest BCUT2D eigenvalue weighted by molar-refractivity contribution is 0.143. The largest absolute Gasteiger partial charge is 0.530 e. The number of phosphoric acid groups is 1. The maximum absolute atomic E-state index is 13.2. The van der Waals surface area contributed by atoms with E-state index in [1.54, 1.807) is 18.2 Å². The van der Waals surface area contributed by atoms with Gasteiger partial charge in [0.15, 0.2) is 0 Å². The van der Waals surface area contributed by atoms with Gasteiger partial charge in [-0.15, -0.1) is 0 Å². The molecule has 0 atom stereocenters. The second-order valence-electron chi connectivity index (χ2n) is 5.67. The first-order valence-electron chi connectivity index (χ1n) is 8.38. The summed E-state index contributed by atoms with van der Waals surface area (Å²) in [5.74, 6) is 0.823. The van der Waals surface area contributed by atoms with Gasteiger partial charge in [0, 0.05) is 6.07 Å². The highest BCUT2D eigenvalue weighted by Gasteiger charge is 2.29. The van der Waals surface area contributed by atoms with Crippen LogP contribution < -0.4 is 9.26 Å². The van der Waals surface area contributed by atoms with Gasteiger partial charge >= 0.3 is 7.82 Å². The number of rotatable bonds is 9. The Hall–Kier alpha value is -2.59. The molecule has 6 heteroatoms. The Bertz CT molecular complexity index is 836. The molecule has 3 aromatic rings. The minimum Gasteiger partial charge on any atom is -0.497 e. The van der Waals surface area contributed by atoms with Crippen LogP contribution >= 0.6 is 7.82 Å². The molecule has 3 rings (SSSR count). The molecule has 0 bridgehead atoms. The van der Waals surface area contributed by atoms with Gasteiger partial charge in [0.05, 0.1) is 20.3 Å². The van der Waals surface area contributed by atoms with Gasteiger partial charge in [-0.2, -0.15) is 0 Å². The van der Waals surface area contributed by atoms with Gasteiger partial charge in [-0.3, -0.25) is 9.05 Å². The number of phosphoric ester groups is 1. The SMILES string of the molecule is COc1c[c]cc(OP(=O)(OCc2ccccc2)OCc2ccccc2)c1. The fourth-order valence-corrected chi connectivity index (χ4v) is 3.43. The third kappa shape index (κ3) is 5.97. The van der Waals surface area contributed by atoms with E-state index in [0.29, 0.717) is 11.5 Å². The zero-order valence-electron chi connectivity index (χ0n) is 14.9. The molecule has 27 heavy (non-hydrogen) atoms. The van der Waals surface area contributed by atoms with Crippen molar-refractivity contribution in [3.05, 3.63) is 96.1 Å². The molecule has 0 saturated heterocycles. The Morgan fingerprint density at radius 1 is 0.815 bits per heavy atom. The van der Waals surface area contributed by atoms with Crippen LogP contribution in [-0.4, -0.2) is 7.11 Å². The summed E-state index contributed by atoms with van der Waals surface area (Å²) in [4.78, 5) is 0. The summed E-state index contributed by atoms with van der Waals surface area (Å²) in [5, 5.41) is 0. The average molecular weight is 383 g/mol. The summed E-state index contributed by atoms with van der Waals surface area (Å²) in [5.41, 5.74) is 1.73. The molecule has 0 spiro atoms. The van der Waals surface area contributed by atoms with E-state index in [1.165, 1.54) is 7.11 Å². The normalized spacial score (nSPS) is 11.1. The molecule has 0 unspecified atom stereocenters. The van der Waals surface area contributed by atoms with E-state index in [0.717, 1.165) is 11.1 Å². The van der Waals surface area contributed by atoms with E-state index in [2.05, 4.69) is 6.07 Å². The highest BCUT2D eigenvalue weighted by atomic mass is 31.2. The topological polar surface area (TPSA) is 54.0 Å². The second kappa shape index (κ2) is 9.38. The quantitative estimate of drug-likeness (QED) is 0.462. The number of hydrogen-bond donors (Lipinski definition) is 0. The Morgan fingerprint density at radius 3 is 1.85 bits per heavy atom. The van der Waals surface area contributed by atoms with Crippen molar-refractivity contribution < 1.29 is 22.9 Å². The predicted octanol–water partition coefficient (Wildman–Crippen LogP) is 5.42. The molecule has 5 nitrogen and oxygen atoms in total. The second-order valence-corrected chi connectivity index (χ2v) is 7.26. The van der Waals surface area contributed by atoms with Crippen molar-refractivity contribution >= 4 is 7.82 Å². The summed E-state index contributed by atoms with van der Waals surface area (Å²) >= 11 is 0. The van der Waals surface area contributed by atoms with Crippen LogP contribution in [0.3, 0.4) is 0 Å². The van der Waals surface area contributed by atoms with E-state index >= 15 is 0 Å². The van der Waals surface area contributed by atoms with Crippen molar-refractivity contribution in [1.82, 2.24) is 0 Å². The molecule has 0 amide bonds.